The number of furan rings is 1. The summed E-state index contributed by atoms with van der Waals surface area (Å²) in [6.07, 6.45) is 1.54. The second-order valence-electron chi connectivity index (χ2n) is 6.95. The standard InChI is InChI=1S/C20H28N4O3S/c1-3-23-8-10-24(11-9-23)18(17-7-5-13-28-17)15(2)22-20(26)19(25)21-14-16-6-4-12-27-16/h4-7,12-13,15,18H,3,8-11,14H2,1-2H3,(H,21,25)(H,22,26)/t15-,18-/m0/s1. The summed E-state index contributed by atoms with van der Waals surface area (Å²) < 4.78 is 5.17. The van der Waals surface area contributed by atoms with E-state index in [4.69, 9.17) is 4.42 Å². The van der Waals surface area contributed by atoms with Crippen molar-refractivity contribution in [3.8, 4) is 0 Å². The molecule has 0 saturated carbocycles. The highest BCUT2D eigenvalue weighted by Crippen LogP contribution is 2.29. The van der Waals surface area contributed by atoms with Crippen LogP contribution in [-0.2, 0) is 16.1 Å². The van der Waals surface area contributed by atoms with Gasteiger partial charge in [0, 0.05) is 37.1 Å². The molecule has 3 rings (SSSR count). The zero-order valence-corrected chi connectivity index (χ0v) is 17.2. The first kappa shape index (κ1) is 20.6. The van der Waals surface area contributed by atoms with Gasteiger partial charge >= 0.3 is 11.8 Å². The van der Waals surface area contributed by atoms with Crippen molar-refractivity contribution in [2.75, 3.05) is 32.7 Å². The zero-order chi connectivity index (χ0) is 19.9. The summed E-state index contributed by atoms with van der Waals surface area (Å²) >= 11 is 1.68. The molecule has 3 heterocycles. The number of piperazine rings is 1. The van der Waals surface area contributed by atoms with Crippen LogP contribution in [0.25, 0.3) is 0 Å². The molecule has 152 valence electrons. The van der Waals surface area contributed by atoms with Crippen molar-refractivity contribution in [3.63, 3.8) is 0 Å². The van der Waals surface area contributed by atoms with Crippen molar-refractivity contribution in [2.45, 2.75) is 32.5 Å². The van der Waals surface area contributed by atoms with Crippen LogP contribution >= 0.6 is 11.3 Å². The Morgan fingerprint density at radius 1 is 1.18 bits per heavy atom. The fourth-order valence-corrected chi connectivity index (χ4v) is 4.54. The van der Waals surface area contributed by atoms with Crippen LogP contribution in [0.3, 0.4) is 0 Å². The minimum absolute atomic E-state index is 0.0563. The van der Waals surface area contributed by atoms with E-state index in [0.717, 1.165) is 32.7 Å². The van der Waals surface area contributed by atoms with Crippen molar-refractivity contribution >= 4 is 23.2 Å². The van der Waals surface area contributed by atoms with Crippen molar-refractivity contribution in [2.24, 2.45) is 0 Å². The maximum atomic E-state index is 12.4. The van der Waals surface area contributed by atoms with Crippen LogP contribution in [-0.4, -0.2) is 60.4 Å². The van der Waals surface area contributed by atoms with E-state index >= 15 is 0 Å². The predicted molar refractivity (Wildman–Crippen MR) is 109 cm³/mol. The van der Waals surface area contributed by atoms with Gasteiger partial charge in [0.25, 0.3) is 0 Å². The first-order valence-corrected chi connectivity index (χ1v) is 10.6. The normalized spacial score (nSPS) is 17.8. The smallest absolute Gasteiger partial charge is 0.309 e. The van der Waals surface area contributed by atoms with Gasteiger partial charge in [-0.2, -0.15) is 0 Å². The van der Waals surface area contributed by atoms with Crippen molar-refractivity contribution in [3.05, 3.63) is 46.5 Å². The number of nitrogens with zero attached hydrogens (tertiary/aromatic N) is 2. The highest BCUT2D eigenvalue weighted by Gasteiger charge is 2.31. The molecule has 1 saturated heterocycles. The van der Waals surface area contributed by atoms with Crippen LogP contribution in [0.5, 0.6) is 0 Å². The average Bonchev–Trinajstić information content (AvgIpc) is 3.41. The van der Waals surface area contributed by atoms with Gasteiger partial charge in [-0.3, -0.25) is 14.5 Å². The quantitative estimate of drug-likeness (QED) is 0.689. The molecule has 2 N–H and O–H groups in total. The number of hydrogen-bond donors (Lipinski definition) is 2. The fourth-order valence-electron chi connectivity index (χ4n) is 3.57. The highest BCUT2D eigenvalue weighted by molar-refractivity contribution is 7.10. The summed E-state index contributed by atoms with van der Waals surface area (Å²) in [5.74, 6) is -0.656. The van der Waals surface area contributed by atoms with Gasteiger partial charge in [0.15, 0.2) is 0 Å². The molecule has 0 aliphatic carbocycles. The van der Waals surface area contributed by atoms with Gasteiger partial charge in [0.1, 0.15) is 5.76 Å². The van der Waals surface area contributed by atoms with E-state index in [0.29, 0.717) is 5.76 Å². The number of likely N-dealkylation sites (N-methyl/N-ethyl adjacent to an activating group) is 1. The molecule has 0 aromatic carbocycles. The van der Waals surface area contributed by atoms with Crippen LogP contribution < -0.4 is 10.6 Å². The van der Waals surface area contributed by atoms with Crippen LogP contribution in [0, 0.1) is 0 Å². The Labute approximate surface area is 169 Å². The molecular weight excluding hydrogens is 376 g/mol. The van der Waals surface area contributed by atoms with E-state index in [1.807, 2.05) is 13.0 Å². The average molecular weight is 405 g/mol. The summed E-state index contributed by atoms with van der Waals surface area (Å²) in [6.45, 7) is 9.32. The predicted octanol–water partition coefficient (Wildman–Crippen LogP) is 1.84. The number of amides is 2. The monoisotopic (exact) mass is 404 g/mol. The maximum Gasteiger partial charge on any atom is 0.309 e. The molecule has 7 nitrogen and oxygen atoms in total. The lowest BCUT2D eigenvalue weighted by atomic mass is 10.0. The lowest BCUT2D eigenvalue weighted by Gasteiger charge is -2.41. The molecule has 0 unspecified atom stereocenters. The number of nitrogens with one attached hydrogen (secondary N) is 2. The molecule has 1 aliphatic heterocycles. The summed E-state index contributed by atoms with van der Waals surface area (Å²) in [6, 6.07) is 7.49. The topological polar surface area (TPSA) is 77.8 Å². The second-order valence-corrected chi connectivity index (χ2v) is 7.93. The van der Waals surface area contributed by atoms with Gasteiger partial charge in [-0.1, -0.05) is 13.0 Å². The van der Waals surface area contributed by atoms with Gasteiger partial charge in [0.2, 0.25) is 0 Å². The van der Waals surface area contributed by atoms with Gasteiger partial charge in [-0.05, 0) is 37.0 Å². The lowest BCUT2D eigenvalue weighted by Crippen LogP contribution is -2.53. The minimum Gasteiger partial charge on any atom is -0.467 e. The van der Waals surface area contributed by atoms with E-state index < -0.39 is 11.8 Å². The molecule has 0 spiro atoms. The van der Waals surface area contributed by atoms with E-state index in [2.05, 4.69) is 38.8 Å². The van der Waals surface area contributed by atoms with Crippen molar-refractivity contribution < 1.29 is 14.0 Å². The molecule has 1 fully saturated rings. The molecule has 0 bridgehead atoms. The van der Waals surface area contributed by atoms with E-state index in [9.17, 15) is 9.59 Å². The molecule has 1 aliphatic rings. The zero-order valence-electron chi connectivity index (χ0n) is 16.4. The molecule has 8 heteroatoms. The molecule has 2 aromatic heterocycles. The number of thiophene rings is 1. The SMILES string of the molecule is CCN1CCN([C@H](c2cccs2)[C@H](C)NC(=O)C(=O)NCc2ccco2)CC1. The van der Waals surface area contributed by atoms with Crippen LogP contribution in [0.4, 0.5) is 0 Å². The third-order valence-electron chi connectivity index (χ3n) is 5.12. The van der Waals surface area contributed by atoms with Gasteiger partial charge in [0.05, 0.1) is 18.8 Å². The fraction of sp³-hybridized carbons (Fsp3) is 0.500. The van der Waals surface area contributed by atoms with E-state index in [1.165, 1.54) is 11.1 Å². The number of hydrogen-bond acceptors (Lipinski definition) is 6. The summed E-state index contributed by atoms with van der Waals surface area (Å²) in [4.78, 5) is 30.6. The molecule has 2 amide bonds. The largest absolute Gasteiger partial charge is 0.467 e. The Kier molecular flexibility index (Phi) is 7.24. The number of carbonyl (C=O) groups excluding carboxylic acids is 2. The van der Waals surface area contributed by atoms with Crippen molar-refractivity contribution in [1.29, 1.82) is 0 Å². The Bertz CT molecular complexity index is 740. The first-order valence-electron chi connectivity index (χ1n) is 9.69. The Morgan fingerprint density at radius 3 is 2.57 bits per heavy atom. The molecule has 2 aromatic rings. The first-order chi connectivity index (χ1) is 13.6. The highest BCUT2D eigenvalue weighted by atomic mass is 32.1. The summed E-state index contributed by atoms with van der Waals surface area (Å²) in [5, 5.41) is 7.54. The van der Waals surface area contributed by atoms with Gasteiger partial charge < -0.3 is 20.0 Å². The van der Waals surface area contributed by atoms with Crippen LogP contribution in [0.15, 0.2) is 40.3 Å². The number of carbonyl (C=O) groups is 2. The van der Waals surface area contributed by atoms with Crippen LogP contribution in [0.2, 0.25) is 0 Å². The third-order valence-corrected chi connectivity index (χ3v) is 6.07. The third kappa shape index (κ3) is 5.21. The minimum atomic E-state index is -0.649. The molecule has 2 atom stereocenters. The maximum absolute atomic E-state index is 12.4. The molecule has 0 radical (unpaired) electrons. The molecule has 28 heavy (non-hydrogen) atoms. The van der Waals surface area contributed by atoms with E-state index in [1.54, 1.807) is 23.5 Å². The van der Waals surface area contributed by atoms with Gasteiger partial charge in [-0.25, -0.2) is 0 Å². The Morgan fingerprint density at radius 2 is 1.96 bits per heavy atom. The van der Waals surface area contributed by atoms with Crippen molar-refractivity contribution in [1.82, 2.24) is 20.4 Å². The number of rotatable bonds is 7. The van der Waals surface area contributed by atoms with Gasteiger partial charge in [-0.15, -0.1) is 11.3 Å². The Hall–Kier alpha value is -2.16. The van der Waals surface area contributed by atoms with E-state index in [-0.39, 0.29) is 18.6 Å². The summed E-state index contributed by atoms with van der Waals surface area (Å²) in [7, 11) is 0. The van der Waals surface area contributed by atoms with Crippen LogP contribution in [0.1, 0.15) is 30.5 Å². The Balaban J connectivity index is 1.60. The second kappa shape index (κ2) is 9.86. The summed E-state index contributed by atoms with van der Waals surface area (Å²) in [5.41, 5.74) is 0. The molecular formula is C20H28N4O3S. The lowest BCUT2D eigenvalue weighted by molar-refractivity contribution is -0.140.